The first kappa shape index (κ1) is 10.6. The fourth-order valence-electron chi connectivity index (χ4n) is 0.880. The summed E-state index contributed by atoms with van der Waals surface area (Å²) in [5.41, 5.74) is 2.12. The van der Waals surface area contributed by atoms with Gasteiger partial charge in [-0.15, -0.1) is 0 Å². The van der Waals surface area contributed by atoms with Crippen molar-refractivity contribution in [3.63, 3.8) is 0 Å². The van der Waals surface area contributed by atoms with Crippen LogP contribution in [0.4, 0.5) is 0 Å². The van der Waals surface area contributed by atoms with Crippen molar-refractivity contribution in [3.8, 4) is 0 Å². The Morgan fingerprint density at radius 2 is 2.14 bits per heavy atom. The van der Waals surface area contributed by atoms with Gasteiger partial charge in [-0.1, -0.05) is 12.1 Å². The number of aromatic amines is 1. The molecule has 0 saturated heterocycles. The average Bonchev–Trinajstić information content (AvgIpc) is 2.66. The van der Waals surface area contributed by atoms with Gasteiger partial charge in [-0.3, -0.25) is 4.79 Å². The Bertz CT molecular complexity index is 384. The van der Waals surface area contributed by atoms with Gasteiger partial charge in [-0.25, -0.2) is 4.98 Å². The summed E-state index contributed by atoms with van der Waals surface area (Å²) in [7, 11) is 0. The molecule has 0 spiro atoms. The standard InChI is InChI=1S/C7H6N2.C2H4O2S/c1-2-4-7-6(3-1)8-5-9-7;3-2(4)1-5/h1-5H,(H,8,9);5H,1H2,(H,3,4). The fourth-order valence-corrected chi connectivity index (χ4v) is 0.880. The zero-order chi connectivity index (χ0) is 10.4. The lowest BCUT2D eigenvalue weighted by atomic mass is 10.3. The predicted molar refractivity (Wildman–Crippen MR) is 57.6 cm³/mol. The van der Waals surface area contributed by atoms with Gasteiger partial charge in [-0.05, 0) is 12.1 Å². The van der Waals surface area contributed by atoms with Crippen molar-refractivity contribution in [1.29, 1.82) is 0 Å². The molecule has 1 aromatic heterocycles. The topological polar surface area (TPSA) is 66.0 Å². The number of carboxylic acids is 1. The van der Waals surface area contributed by atoms with Gasteiger partial charge in [0.25, 0.3) is 0 Å². The van der Waals surface area contributed by atoms with Crippen LogP contribution in [0.25, 0.3) is 11.0 Å². The first-order valence-electron chi connectivity index (χ1n) is 3.95. The number of aliphatic carboxylic acids is 1. The largest absolute Gasteiger partial charge is 0.481 e. The normalized spacial score (nSPS) is 9.21. The monoisotopic (exact) mass is 210 g/mol. The van der Waals surface area contributed by atoms with Crippen molar-refractivity contribution in [2.45, 2.75) is 0 Å². The van der Waals surface area contributed by atoms with Crippen molar-refractivity contribution in [2.75, 3.05) is 5.75 Å². The Hall–Kier alpha value is -1.49. The van der Waals surface area contributed by atoms with E-state index in [4.69, 9.17) is 5.11 Å². The number of carbonyl (C=O) groups is 1. The van der Waals surface area contributed by atoms with Gasteiger partial charge in [0.15, 0.2) is 0 Å². The van der Waals surface area contributed by atoms with E-state index in [2.05, 4.69) is 22.6 Å². The molecule has 14 heavy (non-hydrogen) atoms. The summed E-state index contributed by atoms with van der Waals surface area (Å²) in [4.78, 5) is 16.4. The van der Waals surface area contributed by atoms with Crippen LogP contribution in [0.2, 0.25) is 0 Å². The Balaban J connectivity index is 0.000000171. The molecule has 2 N–H and O–H groups in total. The molecule has 0 atom stereocenters. The summed E-state index contributed by atoms with van der Waals surface area (Å²) in [6.45, 7) is 0. The third kappa shape index (κ3) is 3.10. The van der Waals surface area contributed by atoms with Crippen molar-refractivity contribution in [2.24, 2.45) is 0 Å². The van der Waals surface area contributed by atoms with Gasteiger partial charge in [0.1, 0.15) is 0 Å². The number of nitrogens with one attached hydrogen (secondary N) is 1. The molecule has 1 heterocycles. The van der Waals surface area contributed by atoms with Gasteiger partial charge in [0.05, 0.1) is 23.1 Å². The van der Waals surface area contributed by atoms with E-state index in [9.17, 15) is 4.79 Å². The first-order chi connectivity index (χ1) is 6.74. The number of carboxylic acid groups (broad SMARTS) is 1. The van der Waals surface area contributed by atoms with E-state index in [-0.39, 0.29) is 5.75 Å². The molecule has 0 radical (unpaired) electrons. The Morgan fingerprint density at radius 1 is 1.50 bits per heavy atom. The smallest absolute Gasteiger partial charge is 0.313 e. The summed E-state index contributed by atoms with van der Waals surface area (Å²) in [6.07, 6.45) is 1.70. The lowest BCUT2D eigenvalue weighted by Crippen LogP contribution is -1.92. The van der Waals surface area contributed by atoms with Crippen LogP contribution in [0.5, 0.6) is 0 Å². The number of hydrogen-bond donors (Lipinski definition) is 3. The van der Waals surface area contributed by atoms with Crippen molar-refractivity contribution >= 4 is 29.6 Å². The van der Waals surface area contributed by atoms with Crippen LogP contribution in [-0.4, -0.2) is 26.8 Å². The Labute approximate surface area is 86.4 Å². The third-order valence-corrected chi connectivity index (χ3v) is 1.73. The third-order valence-electron chi connectivity index (χ3n) is 1.46. The highest BCUT2D eigenvalue weighted by Crippen LogP contribution is 2.05. The molecule has 0 amide bonds. The maximum atomic E-state index is 9.29. The van der Waals surface area contributed by atoms with E-state index in [1.165, 1.54) is 0 Å². The lowest BCUT2D eigenvalue weighted by molar-refractivity contribution is -0.133. The summed E-state index contributed by atoms with van der Waals surface area (Å²) in [5.74, 6) is -0.965. The van der Waals surface area contributed by atoms with E-state index < -0.39 is 5.97 Å². The lowest BCUT2D eigenvalue weighted by Gasteiger charge is -1.81. The average molecular weight is 210 g/mol. The molecule has 0 fully saturated rings. The van der Waals surface area contributed by atoms with Crippen LogP contribution < -0.4 is 0 Å². The van der Waals surface area contributed by atoms with E-state index >= 15 is 0 Å². The molecule has 74 valence electrons. The molecular weight excluding hydrogens is 200 g/mol. The zero-order valence-corrected chi connectivity index (χ0v) is 8.24. The number of nitrogens with zero attached hydrogens (tertiary/aromatic N) is 1. The van der Waals surface area contributed by atoms with Crippen LogP contribution in [0.15, 0.2) is 30.6 Å². The molecule has 0 saturated carbocycles. The molecule has 0 aliphatic rings. The summed E-state index contributed by atoms with van der Waals surface area (Å²) < 4.78 is 0. The Kier molecular flexibility index (Phi) is 4.00. The molecule has 4 nitrogen and oxygen atoms in total. The highest BCUT2D eigenvalue weighted by Gasteiger charge is 1.88. The van der Waals surface area contributed by atoms with E-state index in [1.807, 2.05) is 24.3 Å². The molecule has 0 aliphatic heterocycles. The quantitative estimate of drug-likeness (QED) is 0.626. The number of benzene rings is 1. The number of hydrogen-bond acceptors (Lipinski definition) is 3. The number of aromatic nitrogens is 2. The van der Waals surface area contributed by atoms with Gasteiger partial charge in [-0.2, -0.15) is 12.6 Å². The van der Waals surface area contributed by atoms with E-state index in [0.717, 1.165) is 11.0 Å². The first-order valence-corrected chi connectivity index (χ1v) is 4.58. The minimum absolute atomic E-state index is 0.0833. The van der Waals surface area contributed by atoms with Crippen LogP contribution in [-0.2, 0) is 4.79 Å². The molecule has 5 heteroatoms. The predicted octanol–water partition coefficient (Wildman–Crippen LogP) is 1.56. The van der Waals surface area contributed by atoms with Crippen LogP contribution in [0, 0.1) is 0 Å². The zero-order valence-electron chi connectivity index (χ0n) is 7.34. The van der Waals surface area contributed by atoms with Crippen molar-refractivity contribution < 1.29 is 9.90 Å². The van der Waals surface area contributed by atoms with Crippen molar-refractivity contribution in [3.05, 3.63) is 30.6 Å². The minimum atomic E-state index is -0.881. The highest BCUT2D eigenvalue weighted by molar-refractivity contribution is 7.81. The van der Waals surface area contributed by atoms with Gasteiger partial charge in [0.2, 0.25) is 0 Å². The summed E-state index contributed by atoms with van der Waals surface area (Å²) >= 11 is 3.42. The summed E-state index contributed by atoms with van der Waals surface area (Å²) in [5, 5.41) is 7.65. The molecule has 1 aromatic carbocycles. The SMILES string of the molecule is O=C(O)CS.c1ccc2[nH]cnc2c1. The number of fused-ring (bicyclic) bond motifs is 1. The molecule has 2 aromatic rings. The van der Waals surface area contributed by atoms with Gasteiger partial charge < -0.3 is 10.1 Å². The second kappa shape index (κ2) is 5.29. The number of H-pyrrole nitrogens is 1. The fraction of sp³-hybridized carbons (Fsp3) is 0.111. The maximum Gasteiger partial charge on any atom is 0.313 e. The minimum Gasteiger partial charge on any atom is -0.481 e. The second-order valence-electron chi connectivity index (χ2n) is 2.47. The maximum absolute atomic E-state index is 9.29. The molecule has 0 unspecified atom stereocenters. The number of thiol groups is 1. The van der Waals surface area contributed by atoms with Crippen LogP contribution in [0.3, 0.4) is 0 Å². The number of para-hydroxylation sites is 2. The van der Waals surface area contributed by atoms with Crippen molar-refractivity contribution in [1.82, 2.24) is 9.97 Å². The van der Waals surface area contributed by atoms with Crippen LogP contribution >= 0.6 is 12.6 Å². The molecular formula is C9H10N2O2S. The van der Waals surface area contributed by atoms with Crippen LogP contribution in [0.1, 0.15) is 0 Å². The highest BCUT2D eigenvalue weighted by atomic mass is 32.1. The number of imidazole rings is 1. The van der Waals surface area contributed by atoms with Gasteiger partial charge >= 0.3 is 5.97 Å². The molecule has 0 aliphatic carbocycles. The van der Waals surface area contributed by atoms with E-state index in [0.29, 0.717) is 0 Å². The second-order valence-corrected chi connectivity index (χ2v) is 2.79. The summed E-state index contributed by atoms with van der Waals surface area (Å²) in [6, 6.07) is 7.94. The number of rotatable bonds is 1. The molecule has 0 bridgehead atoms. The Morgan fingerprint density at radius 3 is 2.71 bits per heavy atom. The van der Waals surface area contributed by atoms with Gasteiger partial charge in [0, 0.05) is 0 Å². The van der Waals surface area contributed by atoms with E-state index in [1.54, 1.807) is 6.33 Å². The molecule has 2 rings (SSSR count).